The number of rotatable bonds is 7. The van der Waals surface area contributed by atoms with Crippen LogP contribution in [0.15, 0.2) is 24.3 Å². The zero-order valence-corrected chi connectivity index (χ0v) is 13.5. The van der Waals surface area contributed by atoms with E-state index in [9.17, 15) is 9.59 Å². The van der Waals surface area contributed by atoms with Crippen LogP contribution in [0, 0.1) is 0 Å². The molecule has 0 heterocycles. The SMILES string of the molecule is COC(=O)c1ccc(CC(=O)N(C)CCN(C)C2CC2)cc1. The predicted octanol–water partition coefficient (Wildman–Crippen LogP) is 1.57. The van der Waals surface area contributed by atoms with E-state index in [0.29, 0.717) is 12.0 Å². The highest BCUT2D eigenvalue weighted by Gasteiger charge is 2.26. The van der Waals surface area contributed by atoms with E-state index in [1.807, 2.05) is 7.05 Å². The molecule has 1 fully saturated rings. The van der Waals surface area contributed by atoms with Crippen LogP contribution >= 0.6 is 0 Å². The van der Waals surface area contributed by atoms with Crippen LogP contribution in [-0.2, 0) is 16.0 Å². The summed E-state index contributed by atoms with van der Waals surface area (Å²) in [5.74, 6) is -0.270. The van der Waals surface area contributed by atoms with E-state index in [1.165, 1.54) is 20.0 Å². The van der Waals surface area contributed by atoms with E-state index in [-0.39, 0.29) is 11.9 Å². The lowest BCUT2D eigenvalue weighted by Gasteiger charge is -2.22. The van der Waals surface area contributed by atoms with Crippen molar-refractivity contribution in [2.45, 2.75) is 25.3 Å². The fourth-order valence-corrected chi connectivity index (χ4v) is 2.32. The molecule has 5 heteroatoms. The van der Waals surface area contributed by atoms with Crippen molar-refractivity contribution in [1.82, 2.24) is 9.80 Å². The van der Waals surface area contributed by atoms with Crippen LogP contribution in [0.25, 0.3) is 0 Å². The Kier molecular flexibility index (Phi) is 5.55. The molecule has 0 radical (unpaired) electrons. The van der Waals surface area contributed by atoms with Crippen LogP contribution in [0.5, 0.6) is 0 Å². The standard InChI is InChI=1S/C17H24N2O3/c1-18(15-8-9-15)10-11-19(2)16(20)12-13-4-6-14(7-5-13)17(21)22-3/h4-7,15H,8-12H2,1-3H3. The highest BCUT2D eigenvalue weighted by Crippen LogP contribution is 2.24. The van der Waals surface area contributed by atoms with Gasteiger partial charge in [-0.15, -0.1) is 0 Å². The number of hydrogen-bond acceptors (Lipinski definition) is 4. The quantitative estimate of drug-likeness (QED) is 0.718. The minimum atomic E-state index is -0.363. The van der Waals surface area contributed by atoms with E-state index in [1.54, 1.807) is 29.2 Å². The molecular formula is C17H24N2O3. The van der Waals surface area contributed by atoms with Crippen molar-refractivity contribution in [2.24, 2.45) is 0 Å². The number of amides is 1. The van der Waals surface area contributed by atoms with Gasteiger partial charge in [0.2, 0.25) is 5.91 Å². The maximum absolute atomic E-state index is 12.2. The van der Waals surface area contributed by atoms with Gasteiger partial charge in [-0.1, -0.05) is 12.1 Å². The Bertz CT molecular complexity index is 523. The van der Waals surface area contributed by atoms with Crippen LogP contribution in [0.3, 0.4) is 0 Å². The minimum absolute atomic E-state index is 0.0926. The maximum atomic E-state index is 12.2. The lowest BCUT2D eigenvalue weighted by molar-refractivity contribution is -0.129. The molecule has 0 spiro atoms. The van der Waals surface area contributed by atoms with Gasteiger partial charge >= 0.3 is 5.97 Å². The van der Waals surface area contributed by atoms with Crippen molar-refractivity contribution in [1.29, 1.82) is 0 Å². The van der Waals surface area contributed by atoms with Crippen molar-refractivity contribution < 1.29 is 14.3 Å². The molecule has 0 aliphatic heterocycles. The Labute approximate surface area is 131 Å². The molecule has 0 atom stereocenters. The number of likely N-dealkylation sites (N-methyl/N-ethyl adjacent to an activating group) is 2. The minimum Gasteiger partial charge on any atom is -0.465 e. The van der Waals surface area contributed by atoms with E-state index >= 15 is 0 Å². The topological polar surface area (TPSA) is 49.9 Å². The molecule has 120 valence electrons. The zero-order valence-electron chi connectivity index (χ0n) is 13.5. The Morgan fingerprint density at radius 1 is 1.14 bits per heavy atom. The van der Waals surface area contributed by atoms with Crippen molar-refractivity contribution >= 4 is 11.9 Å². The monoisotopic (exact) mass is 304 g/mol. The number of benzene rings is 1. The molecule has 1 aliphatic carbocycles. The number of carbonyl (C=O) groups excluding carboxylic acids is 2. The van der Waals surface area contributed by atoms with Gasteiger partial charge in [0.1, 0.15) is 0 Å². The van der Waals surface area contributed by atoms with Crippen LogP contribution in [-0.4, -0.2) is 62.0 Å². The average molecular weight is 304 g/mol. The highest BCUT2D eigenvalue weighted by molar-refractivity contribution is 5.89. The number of carbonyl (C=O) groups is 2. The molecule has 1 aliphatic rings. The van der Waals surface area contributed by atoms with Crippen molar-refractivity contribution in [3.05, 3.63) is 35.4 Å². The lowest BCUT2D eigenvalue weighted by atomic mass is 10.1. The van der Waals surface area contributed by atoms with E-state index < -0.39 is 0 Å². The average Bonchev–Trinajstić information content (AvgIpc) is 3.37. The van der Waals surface area contributed by atoms with Gasteiger partial charge in [-0.05, 0) is 37.6 Å². The second kappa shape index (κ2) is 7.40. The summed E-state index contributed by atoms with van der Waals surface area (Å²) in [6.07, 6.45) is 2.91. The van der Waals surface area contributed by atoms with Gasteiger partial charge in [0.15, 0.2) is 0 Å². The second-order valence-corrected chi connectivity index (χ2v) is 5.89. The molecule has 1 amide bonds. The number of hydrogen-bond donors (Lipinski definition) is 0. The summed E-state index contributed by atoms with van der Waals surface area (Å²) in [6, 6.07) is 7.70. The summed E-state index contributed by atoms with van der Waals surface area (Å²) >= 11 is 0. The fraction of sp³-hybridized carbons (Fsp3) is 0.529. The predicted molar refractivity (Wildman–Crippen MR) is 84.8 cm³/mol. The Hall–Kier alpha value is -1.88. The van der Waals surface area contributed by atoms with E-state index in [0.717, 1.165) is 24.7 Å². The first-order chi connectivity index (χ1) is 10.5. The molecule has 1 saturated carbocycles. The second-order valence-electron chi connectivity index (χ2n) is 5.89. The highest BCUT2D eigenvalue weighted by atomic mass is 16.5. The van der Waals surface area contributed by atoms with Gasteiger partial charge in [0.25, 0.3) is 0 Å². The van der Waals surface area contributed by atoms with Gasteiger partial charge in [0.05, 0.1) is 19.1 Å². The summed E-state index contributed by atoms with van der Waals surface area (Å²) < 4.78 is 4.66. The van der Waals surface area contributed by atoms with Crippen molar-refractivity contribution in [3.63, 3.8) is 0 Å². The van der Waals surface area contributed by atoms with Gasteiger partial charge in [0, 0.05) is 26.2 Å². The van der Waals surface area contributed by atoms with E-state index in [4.69, 9.17) is 0 Å². The number of esters is 1. The Balaban J connectivity index is 1.81. The smallest absolute Gasteiger partial charge is 0.337 e. The maximum Gasteiger partial charge on any atom is 0.337 e. The number of nitrogens with zero attached hydrogens (tertiary/aromatic N) is 2. The Morgan fingerprint density at radius 2 is 1.77 bits per heavy atom. The molecule has 0 saturated heterocycles. The van der Waals surface area contributed by atoms with Crippen molar-refractivity contribution in [2.75, 3.05) is 34.3 Å². The van der Waals surface area contributed by atoms with Gasteiger partial charge in [-0.3, -0.25) is 4.79 Å². The van der Waals surface area contributed by atoms with Crippen LogP contribution in [0.4, 0.5) is 0 Å². The first-order valence-electron chi connectivity index (χ1n) is 7.62. The molecule has 0 N–H and O–H groups in total. The molecule has 0 bridgehead atoms. The van der Waals surface area contributed by atoms with Crippen LogP contribution < -0.4 is 0 Å². The third kappa shape index (κ3) is 4.56. The Morgan fingerprint density at radius 3 is 2.32 bits per heavy atom. The summed E-state index contributed by atoms with van der Waals surface area (Å²) in [6.45, 7) is 1.65. The number of methoxy groups -OCH3 is 1. The molecule has 0 unspecified atom stereocenters. The molecule has 22 heavy (non-hydrogen) atoms. The molecule has 5 nitrogen and oxygen atoms in total. The molecule has 1 aromatic rings. The summed E-state index contributed by atoms with van der Waals surface area (Å²) in [7, 11) is 5.31. The van der Waals surface area contributed by atoms with Crippen LogP contribution in [0.2, 0.25) is 0 Å². The third-order valence-electron chi connectivity index (χ3n) is 4.11. The summed E-state index contributed by atoms with van der Waals surface area (Å²) in [5, 5.41) is 0. The summed E-state index contributed by atoms with van der Waals surface area (Å²) in [5.41, 5.74) is 1.40. The molecule has 1 aromatic carbocycles. The van der Waals surface area contributed by atoms with Crippen LogP contribution in [0.1, 0.15) is 28.8 Å². The third-order valence-corrected chi connectivity index (χ3v) is 4.11. The fourth-order valence-electron chi connectivity index (χ4n) is 2.32. The lowest BCUT2D eigenvalue weighted by Crippen LogP contribution is -2.36. The van der Waals surface area contributed by atoms with E-state index in [2.05, 4.69) is 16.7 Å². The normalized spacial score (nSPS) is 14.0. The summed E-state index contributed by atoms with van der Waals surface area (Å²) in [4.78, 5) is 27.6. The molecule has 2 rings (SSSR count). The van der Waals surface area contributed by atoms with Gasteiger partial charge in [-0.25, -0.2) is 4.79 Å². The largest absolute Gasteiger partial charge is 0.465 e. The number of ether oxygens (including phenoxy) is 1. The zero-order chi connectivity index (χ0) is 16.1. The first-order valence-corrected chi connectivity index (χ1v) is 7.62. The van der Waals surface area contributed by atoms with Gasteiger partial charge < -0.3 is 14.5 Å². The molecular weight excluding hydrogens is 280 g/mol. The van der Waals surface area contributed by atoms with Crippen molar-refractivity contribution in [3.8, 4) is 0 Å². The van der Waals surface area contributed by atoms with Gasteiger partial charge in [-0.2, -0.15) is 0 Å². The first kappa shape index (κ1) is 16.5. The molecule has 0 aromatic heterocycles.